The molecule has 2 heterocycles. The Morgan fingerprint density at radius 3 is 1.54 bits per heavy atom. The molecule has 9 rings (SSSR count). The average molecular weight is 586 g/mol. The highest BCUT2D eigenvalue weighted by molar-refractivity contribution is 6.22. The lowest BCUT2D eigenvalue weighted by atomic mass is 9.95. The van der Waals surface area contributed by atoms with E-state index in [1.807, 2.05) is 18.2 Å². The Bertz CT molecular complexity index is 2540. The summed E-state index contributed by atoms with van der Waals surface area (Å²) in [7, 11) is 0. The molecule has 3 heteroatoms. The van der Waals surface area contributed by atoms with E-state index in [4.69, 9.17) is 15.0 Å². The van der Waals surface area contributed by atoms with Crippen LogP contribution in [0.5, 0.6) is 0 Å². The van der Waals surface area contributed by atoms with Gasteiger partial charge in [-0.3, -0.25) is 0 Å². The predicted molar refractivity (Wildman–Crippen MR) is 192 cm³/mol. The van der Waals surface area contributed by atoms with Crippen molar-refractivity contribution in [1.82, 2.24) is 15.0 Å². The van der Waals surface area contributed by atoms with Crippen LogP contribution in [0.2, 0.25) is 0 Å². The number of aromatic nitrogens is 3. The molecule has 0 saturated carbocycles. The Labute approximate surface area is 266 Å². The number of hydrogen-bond donors (Lipinski definition) is 0. The van der Waals surface area contributed by atoms with Crippen LogP contribution in [0.1, 0.15) is 0 Å². The summed E-state index contributed by atoms with van der Waals surface area (Å²) in [5.41, 5.74) is 9.29. The minimum atomic E-state index is 0.703. The van der Waals surface area contributed by atoms with Crippen LogP contribution in [-0.2, 0) is 0 Å². The number of para-hydroxylation sites is 2. The summed E-state index contributed by atoms with van der Waals surface area (Å²) in [4.78, 5) is 15.3. The van der Waals surface area contributed by atoms with E-state index in [1.54, 1.807) is 0 Å². The fourth-order valence-electron chi connectivity index (χ4n) is 6.60. The predicted octanol–water partition coefficient (Wildman–Crippen LogP) is 11.2. The summed E-state index contributed by atoms with van der Waals surface area (Å²) in [5, 5.41) is 7.06. The van der Waals surface area contributed by atoms with Crippen LogP contribution < -0.4 is 0 Å². The molecule has 0 saturated heterocycles. The summed E-state index contributed by atoms with van der Waals surface area (Å²) in [6.45, 7) is 0. The Balaban J connectivity index is 1.16. The van der Waals surface area contributed by atoms with Gasteiger partial charge in [-0.15, -0.1) is 0 Å². The molecule has 7 aromatic carbocycles. The van der Waals surface area contributed by atoms with E-state index in [1.165, 1.54) is 32.7 Å². The third-order valence-corrected chi connectivity index (χ3v) is 8.88. The van der Waals surface area contributed by atoms with Crippen molar-refractivity contribution >= 4 is 43.4 Å². The van der Waals surface area contributed by atoms with E-state index in [9.17, 15) is 0 Å². The smallest absolute Gasteiger partial charge is 0.160 e. The zero-order valence-corrected chi connectivity index (χ0v) is 24.9. The van der Waals surface area contributed by atoms with Gasteiger partial charge in [0.25, 0.3) is 0 Å². The third-order valence-electron chi connectivity index (χ3n) is 8.88. The molecule has 2 aromatic heterocycles. The number of benzene rings is 7. The van der Waals surface area contributed by atoms with Crippen molar-refractivity contribution in [2.45, 2.75) is 0 Å². The quantitative estimate of drug-likeness (QED) is 0.193. The number of pyridine rings is 1. The zero-order chi connectivity index (χ0) is 30.5. The maximum absolute atomic E-state index is 5.18. The molecule has 3 nitrogen and oxygen atoms in total. The van der Waals surface area contributed by atoms with Crippen LogP contribution in [-0.4, -0.2) is 15.0 Å². The van der Waals surface area contributed by atoms with Crippen LogP contribution >= 0.6 is 0 Å². The van der Waals surface area contributed by atoms with Crippen molar-refractivity contribution in [3.8, 4) is 45.0 Å². The highest BCUT2D eigenvalue weighted by atomic mass is 14.9. The van der Waals surface area contributed by atoms with Gasteiger partial charge in [-0.25, -0.2) is 15.0 Å². The van der Waals surface area contributed by atoms with Crippen LogP contribution in [0, 0.1) is 0 Å². The van der Waals surface area contributed by atoms with Crippen molar-refractivity contribution in [3.05, 3.63) is 164 Å². The normalized spacial score (nSPS) is 11.5. The van der Waals surface area contributed by atoms with Gasteiger partial charge in [-0.2, -0.15) is 0 Å². The second-order valence-electron chi connectivity index (χ2n) is 11.6. The molecule has 214 valence electrons. The minimum absolute atomic E-state index is 0.703. The maximum Gasteiger partial charge on any atom is 0.160 e. The zero-order valence-electron chi connectivity index (χ0n) is 24.9. The molecule has 0 unspecified atom stereocenters. The van der Waals surface area contributed by atoms with E-state index >= 15 is 0 Å². The highest BCUT2D eigenvalue weighted by Gasteiger charge is 2.15. The lowest BCUT2D eigenvalue weighted by molar-refractivity contribution is 1.23. The number of nitrogens with zero attached hydrogens (tertiary/aromatic N) is 3. The van der Waals surface area contributed by atoms with E-state index in [0.717, 1.165) is 49.9 Å². The molecule has 46 heavy (non-hydrogen) atoms. The summed E-state index contributed by atoms with van der Waals surface area (Å²) < 4.78 is 0. The number of fused-ring (bicyclic) bond motifs is 6. The molecule has 0 aliphatic heterocycles. The van der Waals surface area contributed by atoms with Crippen LogP contribution in [0.3, 0.4) is 0 Å². The van der Waals surface area contributed by atoms with Gasteiger partial charge in [0.05, 0.1) is 22.4 Å². The fraction of sp³-hybridized carbons (Fsp3) is 0. The van der Waals surface area contributed by atoms with E-state index in [0.29, 0.717) is 5.82 Å². The van der Waals surface area contributed by atoms with Crippen molar-refractivity contribution in [2.24, 2.45) is 0 Å². The van der Waals surface area contributed by atoms with Crippen LogP contribution in [0.25, 0.3) is 88.4 Å². The second kappa shape index (κ2) is 10.8. The van der Waals surface area contributed by atoms with Gasteiger partial charge in [-0.1, -0.05) is 152 Å². The Hall–Kier alpha value is -6.19. The molecule has 0 aliphatic carbocycles. The molecule has 0 spiro atoms. The molecule has 0 N–H and O–H groups in total. The van der Waals surface area contributed by atoms with Gasteiger partial charge in [0.15, 0.2) is 5.82 Å². The first-order valence-electron chi connectivity index (χ1n) is 15.5. The maximum atomic E-state index is 5.18. The lowest BCUT2D eigenvalue weighted by Gasteiger charge is -2.13. The minimum Gasteiger partial charge on any atom is -0.247 e. The summed E-state index contributed by atoms with van der Waals surface area (Å²) in [6.07, 6.45) is 0. The molecule has 0 atom stereocenters. The lowest BCUT2D eigenvalue weighted by Crippen LogP contribution is -1.95. The van der Waals surface area contributed by atoms with E-state index in [-0.39, 0.29) is 0 Å². The van der Waals surface area contributed by atoms with Crippen molar-refractivity contribution in [3.63, 3.8) is 0 Å². The molecule has 9 aromatic rings. The van der Waals surface area contributed by atoms with Crippen molar-refractivity contribution in [1.29, 1.82) is 0 Å². The summed E-state index contributed by atoms with van der Waals surface area (Å²) in [5.74, 6) is 0.703. The van der Waals surface area contributed by atoms with Crippen LogP contribution in [0.15, 0.2) is 164 Å². The monoisotopic (exact) mass is 585 g/mol. The van der Waals surface area contributed by atoms with Crippen LogP contribution in [0.4, 0.5) is 0 Å². The van der Waals surface area contributed by atoms with Gasteiger partial charge in [-0.05, 0) is 34.0 Å². The fourth-order valence-corrected chi connectivity index (χ4v) is 6.60. The van der Waals surface area contributed by atoms with Crippen molar-refractivity contribution in [2.75, 3.05) is 0 Å². The van der Waals surface area contributed by atoms with Gasteiger partial charge >= 0.3 is 0 Å². The average Bonchev–Trinajstić information content (AvgIpc) is 3.14. The summed E-state index contributed by atoms with van der Waals surface area (Å²) in [6, 6.07) is 57.3. The Morgan fingerprint density at radius 1 is 0.283 bits per heavy atom. The third kappa shape index (κ3) is 4.41. The Kier molecular flexibility index (Phi) is 6.14. The molecule has 0 bridgehead atoms. The largest absolute Gasteiger partial charge is 0.247 e. The molecule has 0 fully saturated rings. The summed E-state index contributed by atoms with van der Waals surface area (Å²) >= 11 is 0. The van der Waals surface area contributed by atoms with Gasteiger partial charge < -0.3 is 0 Å². The standard InChI is InChI=1S/C43H27N3/c1-2-10-28(11-3-1)29-18-20-31(21-19-29)41-36-15-7-9-17-39(36)45-43(46-41)33-24-22-32(23-25-33)42-37-27-26-30-12-4-5-13-34(30)40(37)35-14-6-8-16-38(35)44-42/h1-27H. The van der Waals surface area contributed by atoms with Crippen molar-refractivity contribution < 1.29 is 0 Å². The number of rotatable bonds is 4. The molecule has 0 radical (unpaired) electrons. The second-order valence-corrected chi connectivity index (χ2v) is 11.6. The molecule has 0 aliphatic rings. The molecular formula is C43H27N3. The van der Waals surface area contributed by atoms with E-state index in [2.05, 4.69) is 146 Å². The first-order chi connectivity index (χ1) is 22.8. The SMILES string of the molecule is c1ccc(-c2ccc(-c3nc(-c4ccc(-c5nc6ccccc6c6c5ccc5ccccc56)cc4)nc4ccccc34)cc2)cc1. The molecule has 0 amide bonds. The molecular weight excluding hydrogens is 558 g/mol. The highest BCUT2D eigenvalue weighted by Crippen LogP contribution is 2.38. The first kappa shape index (κ1) is 26.2. The van der Waals surface area contributed by atoms with Gasteiger partial charge in [0.1, 0.15) is 0 Å². The first-order valence-corrected chi connectivity index (χ1v) is 15.5. The number of hydrogen-bond acceptors (Lipinski definition) is 3. The van der Waals surface area contributed by atoms with Gasteiger partial charge in [0, 0.05) is 38.2 Å². The topological polar surface area (TPSA) is 38.7 Å². The Morgan fingerprint density at radius 2 is 0.804 bits per heavy atom. The van der Waals surface area contributed by atoms with E-state index < -0.39 is 0 Å². The van der Waals surface area contributed by atoms with Gasteiger partial charge in [0.2, 0.25) is 0 Å².